The van der Waals surface area contributed by atoms with Crippen LogP contribution in [0.25, 0.3) is 6.08 Å². The van der Waals surface area contributed by atoms with E-state index < -0.39 is 17.8 Å². The first-order valence-electron chi connectivity index (χ1n) is 9.37. The molecule has 0 atom stereocenters. The molecule has 0 aliphatic carbocycles. The zero-order chi connectivity index (χ0) is 22.4. The van der Waals surface area contributed by atoms with Crippen LogP contribution in [-0.4, -0.2) is 38.2 Å². The third kappa shape index (κ3) is 4.67. The van der Waals surface area contributed by atoms with Gasteiger partial charge in [-0.1, -0.05) is 5.92 Å². The summed E-state index contributed by atoms with van der Waals surface area (Å²) in [6.45, 7) is 2.31. The first-order valence-corrected chi connectivity index (χ1v) is 9.37. The Morgan fingerprint density at radius 1 is 1.06 bits per heavy atom. The summed E-state index contributed by atoms with van der Waals surface area (Å²) in [6, 6.07) is 10.4. The Hall–Kier alpha value is -4.25. The average Bonchev–Trinajstić information content (AvgIpc) is 2.76. The van der Waals surface area contributed by atoms with Crippen molar-refractivity contribution >= 4 is 29.6 Å². The van der Waals surface area contributed by atoms with Crippen molar-refractivity contribution in [3.8, 4) is 29.6 Å². The lowest BCUT2D eigenvalue weighted by atomic mass is 10.1. The van der Waals surface area contributed by atoms with Crippen molar-refractivity contribution in [2.45, 2.75) is 6.92 Å². The summed E-state index contributed by atoms with van der Waals surface area (Å²) < 4.78 is 16.1. The van der Waals surface area contributed by atoms with Crippen molar-refractivity contribution in [2.24, 2.45) is 0 Å². The molecule has 31 heavy (non-hydrogen) atoms. The maximum absolute atomic E-state index is 13.1. The van der Waals surface area contributed by atoms with Crippen LogP contribution in [0, 0.1) is 12.3 Å². The largest absolute Gasteiger partial charge is 0.497 e. The first-order chi connectivity index (χ1) is 15.0. The summed E-state index contributed by atoms with van der Waals surface area (Å²) in [4.78, 5) is 38.7. The van der Waals surface area contributed by atoms with Gasteiger partial charge in [0, 0.05) is 11.6 Å². The van der Waals surface area contributed by atoms with Gasteiger partial charge < -0.3 is 14.2 Å². The molecule has 2 aromatic carbocycles. The van der Waals surface area contributed by atoms with Crippen molar-refractivity contribution in [1.82, 2.24) is 5.32 Å². The monoisotopic (exact) mass is 420 g/mol. The second-order valence-electron chi connectivity index (χ2n) is 6.28. The van der Waals surface area contributed by atoms with Crippen molar-refractivity contribution in [2.75, 3.05) is 25.2 Å². The smallest absolute Gasteiger partial charge is 0.335 e. The van der Waals surface area contributed by atoms with Crippen LogP contribution in [0.2, 0.25) is 0 Å². The number of imide groups is 2. The molecular formula is C23H20N2O6. The molecule has 1 aliphatic rings. The second kappa shape index (κ2) is 9.50. The molecule has 158 valence electrons. The van der Waals surface area contributed by atoms with Gasteiger partial charge in [0.15, 0.2) is 0 Å². The maximum Gasteiger partial charge on any atom is 0.335 e. The van der Waals surface area contributed by atoms with Crippen LogP contribution in [0.5, 0.6) is 17.2 Å². The number of carbonyl (C=O) groups excluding carboxylic acids is 3. The SMILES string of the molecule is C#CCOc1cc(OC)ccc1/C=C1\C(=O)NC(=O)N(c2ccc(OCC)cc2)C1=O. The van der Waals surface area contributed by atoms with Crippen molar-refractivity contribution in [1.29, 1.82) is 0 Å². The zero-order valence-electron chi connectivity index (χ0n) is 17.0. The quantitative estimate of drug-likeness (QED) is 0.421. The van der Waals surface area contributed by atoms with E-state index in [1.165, 1.54) is 13.2 Å². The minimum absolute atomic E-state index is 0.0136. The Balaban J connectivity index is 1.98. The number of carbonyl (C=O) groups is 3. The highest BCUT2D eigenvalue weighted by Crippen LogP contribution is 2.29. The minimum Gasteiger partial charge on any atom is -0.497 e. The van der Waals surface area contributed by atoms with E-state index in [9.17, 15) is 14.4 Å². The number of nitrogens with one attached hydrogen (secondary N) is 1. The van der Waals surface area contributed by atoms with Gasteiger partial charge in [0.2, 0.25) is 0 Å². The topological polar surface area (TPSA) is 94.2 Å². The van der Waals surface area contributed by atoms with Gasteiger partial charge in [-0.25, -0.2) is 9.69 Å². The van der Waals surface area contributed by atoms with E-state index in [-0.39, 0.29) is 12.2 Å². The number of terminal acetylenes is 1. The normalized spacial score (nSPS) is 14.8. The molecule has 8 nitrogen and oxygen atoms in total. The third-order valence-corrected chi connectivity index (χ3v) is 4.34. The Labute approximate surface area is 179 Å². The number of nitrogens with zero attached hydrogens (tertiary/aromatic N) is 1. The fraction of sp³-hybridized carbons (Fsp3) is 0.174. The number of benzene rings is 2. The van der Waals surface area contributed by atoms with Crippen molar-refractivity contribution in [3.05, 3.63) is 53.6 Å². The van der Waals surface area contributed by atoms with Gasteiger partial charge in [-0.15, -0.1) is 6.42 Å². The summed E-state index contributed by atoms with van der Waals surface area (Å²) in [7, 11) is 1.50. The predicted molar refractivity (Wildman–Crippen MR) is 114 cm³/mol. The molecule has 8 heteroatoms. The summed E-state index contributed by atoms with van der Waals surface area (Å²) >= 11 is 0. The van der Waals surface area contributed by atoms with Gasteiger partial charge in [0.25, 0.3) is 11.8 Å². The fourth-order valence-corrected chi connectivity index (χ4v) is 2.91. The van der Waals surface area contributed by atoms with E-state index in [0.29, 0.717) is 35.1 Å². The van der Waals surface area contributed by atoms with Crippen LogP contribution < -0.4 is 24.4 Å². The molecule has 0 bridgehead atoms. The molecule has 0 spiro atoms. The lowest BCUT2D eigenvalue weighted by Gasteiger charge is -2.26. The molecule has 1 aliphatic heterocycles. The molecule has 3 rings (SSSR count). The Morgan fingerprint density at radius 3 is 2.42 bits per heavy atom. The molecule has 0 radical (unpaired) electrons. The summed E-state index contributed by atoms with van der Waals surface area (Å²) in [6.07, 6.45) is 6.60. The highest BCUT2D eigenvalue weighted by molar-refractivity contribution is 6.39. The second-order valence-corrected chi connectivity index (χ2v) is 6.28. The van der Waals surface area contributed by atoms with Gasteiger partial charge in [0.1, 0.15) is 29.4 Å². The Morgan fingerprint density at radius 2 is 1.77 bits per heavy atom. The molecule has 1 heterocycles. The van der Waals surface area contributed by atoms with Crippen molar-refractivity contribution < 1.29 is 28.6 Å². The van der Waals surface area contributed by atoms with Gasteiger partial charge in [-0.2, -0.15) is 0 Å². The highest BCUT2D eigenvalue weighted by atomic mass is 16.5. The van der Waals surface area contributed by atoms with Gasteiger partial charge in [-0.3, -0.25) is 14.9 Å². The van der Waals surface area contributed by atoms with Gasteiger partial charge in [-0.05, 0) is 49.4 Å². The minimum atomic E-state index is -0.838. The van der Waals surface area contributed by atoms with E-state index in [1.54, 1.807) is 42.5 Å². The summed E-state index contributed by atoms with van der Waals surface area (Å²) in [5.74, 6) is 2.22. The number of anilines is 1. The molecular weight excluding hydrogens is 400 g/mol. The van der Waals surface area contributed by atoms with Gasteiger partial charge >= 0.3 is 6.03 Å². The molecule has 1 N–H and O–H groups in total. The van der Waals surface area contributed by atoms with E-state index in [4.69, 9.17) is 20.6 Å². The van der Waals surface area contributed by atoms with Crippen LogP contribution >= 0.6 is 0 Å². The third-order valence-electron chi connectivity index (χ3n) is 4.34. The van der Waals surface area contributed by atoms with Crippen LogP contribution in [-0.2, 0) is 9.59 Å². The van der Waals surface area contributed by atoms with E-state index in [0.717, 1.165) is 4.90 Å². The predicted octanol–water partition coefficient (Wildman–Crippen LogP) is 2.77. The fourth-order valence-electron chi connectivity index (χ4n) is 2.91. The molecule has 1 fully saturated rings. The Bertz CT molecular complexity index is 1080. The number of barbiturate groups is 1. The lowest BCUT2D eigenvalue weighted by Crippen LogP contribution is -2.54. The molecule has 4 amide bonds. The number of urea groups is 1. The summed E-state index contributed by atoms with van der Waals surface area (Å²) in [5, 5.41) is 2.18. The number of methoxy groups -OCH3 is 1. The number of hydrogen-bond donors (Lipinski definition) is 1. The molecule has 0 saturated carbocycles. The average molecular weight is 420 g/mol. The number of rotatable bonds is 7. The first kappa shape index (κ1) is 21.5. The standard InChI is InChI=1S/C23H20N2O6/c1-4-12-31-20-14-18(29-3)9-6-15(20)13-19-21(26)24-23(28)25(22(19)27)16-7-10-17(11-8-16)30-5-2/h1,6-11,13-14H,5,12H2,2-3H3,(H,24,26,28)/b19-13+. The number of ether oxygens (including phenoxy) is 3. The lowest BCUT2D eigenvalue weighted by molar-refractivity contribution is -0.122. The molecule has 1 saturated heterocycles. The van der Waals surface area contributed by atoms with Crippen molar-refractivity contribution in [3.63, 3.8) is 0 Å². The van der Waals surface area contributed by atoms with E-state index in [2.05, 4.69) is 11.2 Å². The molecule has 0 aromatic heterocycles. The van der Waals surface area contributed by atoms with E-state index >= 15 is 0 Å². The number of hydrogen-bond acceptors (Lipinski definition) is 6. The number of amides is 4. The molecule has 2 aromatic rings. The summed E-state index contributed by atoms with van der Waals surface area (Å²) in [5.41, 5.74) is 0.489. The van der Waals surface area contributed by atoms with Crippen LogP contribution in [0.15, 0.2) is 48.0 Å². The highest BCUT2D eigenvalue weighted by Gasteiger charge is 2.37. The van der Waals surface area contributed by atoms with Crippen LogP contribution in [0.1, 0.15) is 12.5 Å². The van der Waals surface area contributed by atoms with Crippen LogP contribution in [0.4, 0.5) is 10.5 Å². The van der Waals surface area contributed by atoms with Gasteiger partial charge in [0.05, 0.1) is 19.4 Å². The maximum atomic E-state index is 13.1. The Kier molecular flexibility index (Phi) is 6.58. The molecule has 0 unspecified atom stereocenters. The van der Waals surface area contributed by atoms with E-state index in [1.807, 2.05) is 6.92 Å². The zero-order valence-corrected chi connectivity index (χ0v) is 17.0. The van der Waals surface area contributed by atoms with Crippen LogP contribution in [0.3, 0.4) is 0 Å².